The maximum atomic E-state index is 10.7. The molecule has 0 aromatic heterocycles. The Kier molecular flexibility index (Phi) is 4.11. The summed E-state index contributed by atoms with van der Waals surface area (Å²) in [5.41, 5.74) is 2.05. The van der Waals surface area contributed by atoms with Gasteiger partial charge in [0.15, 0.2) is 0 Å². The lowest BCUT2D eigenvalue weighted by molar-refractivity contribution is -0.135. The quantitative estimate of drug-likeness (QED) is 0.627. The number of carbonyl (C=O) groups is 1. The van der Waals surface area contributed by atoms with Crippen LogP contribution in [0.25, 0.3) is 6.08 Å². The topological polar surface area (TPSA) is 46.5 Å². The van der Waals surface area contributed by atoms with Crippen molar-refractivity contribution in [1.82, 2.24) is 0 Å². The third-order valence-electron chi connectivity index (χ3n) is 2.33. The highest BCUT2D eigenvalue weighted by atomic mass is 16.5. The molecule has 0 heterocycles. The van der Waals surface area contributed by atoms with Crippen LogP contribution in [0.1, 0.15) is 30.9 Å². The van der Waals surface area contributed by atoms with Gasteiger partial charge in [0.1, 0.15) is 0 Å². The molecule has 0 saturated heterocycles. The summed E-state index contributed by atoms with van der Waals surface area (Å²) in [6.45, 7) is 4.23. The largest absolute Gasteiger partial charge is 0.490 e. The number of aliphatic carboxylic acids is 1. The van der Waals surface area contributed by atoms with Gasteiger partial charge in [0, 0.05) is 0 Å². The van der Waals surface area contributed by atoms with Crippen molar-refractivity contribution >= 4 is 12.0 Å². The second-order valence-electron chi connectivity index (χ2n) is 3.84. The number of hydrogen-bond donors (Lipinski definition) is 1. The Bertz CT molecular complexity index is 388. The molecule has 0 saturated carbocycles. The Balaban J connectivity index is 2.94. The van der Waals surface area contributed by atoms with Crippen LogP contribution in [0.3, 0.4) is 0 Å². The van der Waals surface area contributed by atoms with Gasteiger partial charge in [-0.25, -0.2) is 4.79 Å². The summed E-state index contributed by atoms with van der Waals surface area (Å²) in [7, 11) is 1.35. The predicted molar refractivity (Wildman–Crippen MR) is 63.2 cm³/mol. The molecule has 1 aromatic rings. The first-order chi connectivity index (χ1) is 7.54. The number of ether oxygens (including phenoxy) is 1. The van der Waals surface area contributed by atoms with E-state index < -0.39 is 5.97 Å². The maximum Gasteiger partial charge on any atom is 0.371 e. The Labute approximate surface area is 95.4 Å². The van der Waals surface area contributed by atoms with Gasteiger partial charge >= 0.3 is 5.97 Å². The van der Waals surface area contributed by atoms with Gasteiger partial charge < -0.3 is 9.84 Å². The monoisotopic (exact) mass is 220 g/mol. The molecular formula is C13H16O3. The smallest absolute Gasteiger partial charge is 0.371 e. The van der Waals surface area contributed by atoms with Crippen molar-refractivity contribution in [2.45, 2.75) is 19.8 Å². The lowest BCUT2D eigenvalue weighted by Crippen LogP contribution is -2.01. The lowest BCUT2D eigenvalue weighted by atomic mass is 10.0. The molecule has 0 amide bonds. The fourth-order valence-corrected chi connectivity index (χ4v) is 1.34. The van der Waals surface area contributed by atoms with Gasteiger partial charge in [-0.05, 0) is 23.1 Å². The van der Waals surface area contributed by atoms with E-state index in [9.17, 15) is 4.79 Å². The minimum absolute atomic E-state index is 0.0581. The van der Waals surface area contributed by atoms with Crippen LogP contribution in [0.15, 0.2) is 30.0 Å². The Morgan fingerprint density at radius 3 is 2.25 bits per heavy atom. The third-order valence-corrected chi connectivity index (χ3v) is 2.33. The van der Waals surface area contributed by atoms with E-state index in [2.05, 4.69) is 13.8 Å². The fourth-order valence-electron chi connectivity index (χ4n) is 1.34. The first kappa shape index (κ1) is 12.3. The van der Waals surface area contributed by atoms with E-state index in [1.807, 2.05) is 24.3 Å². The van der Waals surface area contributed by atoms with Crippen molar-refractivity contribution in [1.29, 1.82) is 0 Å². The van der Waals surface area contributed by atoms with E-state index >= 15 is 0 Å². The Morgan fingerprint density at radius 1 is 1.31 bits per heavy atom. The van der Waals surface area contributed by atoms with Gasteiger partial charge in [0.25, 0.3) is 0 Å². The van der Waals surface area contributed by atoms with E-state index in [1.54, 1.807) is 0 Å². The van der Waals surface area contributed by atoms with Crippen LogP contribution in [0.2, 0.25) is 0 Å². The van der Waals surface area contributed by atoms with E-state index in [-0.39, 0.29) is 5.76 Å². The normalized spacial score (nSPS) is 11.6. The van der Waals surface area contributed by atoms with Gasteiger partial charge in [-0.15, -0.1) is 0 Å². The molecule has 0 fully saturated rings. The number of carboxylic acid groups (broad SMARTS) is 1. The number of rotatable bonds is 4. The Hall–Kier alpha value is -1.77. The molecule has 3 nitrogen and oxygen atoms in total. The molecule has 1 N–H and O–H groups in total. The summed E-state index contributed by atoms with van der Waals surface area (Å²) in [5, 5.41) is 8.78. The highest BCUT2D eigenvalue weighted by Crippen LogP contribution is 2.16. The van der Waals surface area contributed by atoms with Crippen LogP contribution in [-0.4, -0.2) is 18.2 Å². The number of carboxylic acids is 1. The summed E-state index contributed by atoms with van der Waals surface area (Å²) in [6, 6.07) is 7.76. The van der Waals surface area contributed by atoms with Gasteiger partial charge in [-0.3, -0.25) is 0 Å². The SMILES string of the molecule is COC(=Cc1ccc(C(C)C)cc1)C(=O)O. The number of hydrogen-bond acceptors (Lipinski definition) is 2. The number of benzene rings is 1. The molecule has 0 spiro atoms. The molecule has 0 aliphatic rings. The van der Waals surface area contributed by atoms with Crippen molar-refractivity contribution in [2.24, 2.45) is 0 Å². The highest BCUT2D eigenvalue weighted by Gasteiger charge is 2.06. The molecule has 3 heteroatoms. The van der Waals surface area contributed by atoms with Gasteiger partial charge in [-0.2, -0.15) is 0 Å². The second-order valence-corrected chi connectivity index (χ2v) is 3.84. The zero-order valence-electron chi connectivity index (χ0n) is 9.73. The molecule has 0 unspecified atom stereocenters. The molecule has 1 aromatic carbocycles. The summed E-state index contributed by atoms with van der Waals surface area (Å²) in [6.07, 6.45) is 1.51. The van der Waals surface area contributed by atoms with Crippen molar-refractivity contribution < 1.29 is 14.6 Å². The standard InChI is InChI=1S/C13H16O3/c1-9(2)11-6-4-10(5-7-11)8-12(16-3)13(14)15/h4-9H,1-3H3,(H,14,15). The molecule has 0 atom stereocenters. The van der Waals surface area contributed by atoms with Crippen LogP contribution in [0, 0.1) is 0 Å². The van der Waals surface area contributed by atoms with E-state index in [0.29, 0.717) is 5.92 Å². The zero-order valence-corrected chi connectivity index (χ0v) is 9.73. The van der Waals surface area contributed by atoms with Crippen molar-refractivity contribution in [3.05, 3.63) is 41.2 Å². The summed E-state index contributed by atoms with van der Waals surface area (Å²) >= 11 is 0. The van der Waals surface area contributed by atoms with Crippen LogP contribution in [-0.2, 0) is 9.53 Å². The Morgan fingerprint density at radius 2 is 1.88 bits per heavy atom. The molecule has 16 heavy (non-hydrogen) atoms. The first-order valence-corrected chi connectivity index (χ1v) is 5.13. The van der Waals surface area contributed by atoms with Crippen molar-refractivity contribution in [3.63, 3.8) is 0 Å². The first-order valence-electron chi connectivity index (χ1n) is 5.13. The highest BCUT2D eigenvalue weighted by molar-refractivity contribution is 5.89. The van der Waals surface area contributed by atoms with Crippen LogP contribution in [0.5, 0.6) is 0 Å². The van der Waals surface area contributed by atoms with E-state index in [1.165, 1.54) is 18.7 Å². The minimum Gasteiger partial charge on any atom is -0.490 e. The van der Waals surface area contributed by atoms with Gasteiger partial charge in [0.05, 0.1) is 7.11 Å². The average Bonchev–Trinajstić information content (AvgIpc) is 2.26. The van der Waals surface area contributed by atoms with Crippen molar-refractivity contribution in [2.75, 3.05) is 7.11 Å². The summed E-state index contributed by atoms with van der Waals surface area (Å²) in [4.78, 5) is 10.7. The number of methoxy groups -OCH3 is 1. The fraction of sp³-hybridized carbons (Fsp3) is 0.308. The van der Waals surface area contributed by atoms with Gasteiger partial charge in [0.2, 0.25) is 5.76 Å². The third kappa shape index (κ3) is 3.12. The summed E-state index contributed by atoms with van der Waals surface area (Å²) < 4.78 is 4.75. The van der Waals surface area contributed by atoms with Gasteiger partial charge in [-0.1, -0.05) is 38.1 Å². The summed E-state index contributed by atoms with van der Waals surface area (Å²) in [5.74, 6) is -0.646. The molecule has 0 radical (unpaired) electrons. The molecule has 0 bridgehead atoms. The minimum atomic E-state index is -1.06. The molecule has 1 rings (SSSR count). The molecular weight excluding hydrogens is 204 g/mol. The van der Waals surface area contributed by atoms with E-state index in [0.717, 1.165) is 5.56 Å². The zero-order chi connectivity index (χ0) is 12.1. The lowest BCUT2D eigenvalue weighted by Gasteiger charge is -2.05. The van der Waals surface area contributed by atoms with E-state index in [4.69, 9.17) is 9.84 Å². The molecule has 0 aliphatic heterocycles. The predicted octanol–water partition coefficient (Wildman–Crippen LogP) is 2.88. The van der Waals surface area contributed by atoms with Crippen LogP contribution in [0.4, 0.5) is 0 Å². The van der Waals surface area contributed by atoms with Crippen molar-refractivity contribution in [3.8, 4) is 0 Å². The average molecular weight is 220 g/mol. The van der Waals surface area contributed by atoms with Crippen LogP contribution >= 0.6 is 0 Å². The molecule has 0 aliphatic carbocycles. The molecule has 86 valence electrons. The van der Waals surface area contributed by atoms with Crippen LogP contribution < -0.4 is 0 Å². The second kappa shape index (κ2) is 5.35. The maximum absolute atomic E-state index is 10.7.